The lowest BCUT2D eigenvalue weighted by molar-refractivity contribution is -0.180. The second-order valence-corrected chi connectivity index (χ2v) is 10.7. The molecule has 176 valence electrons. The van der Waals surface area contributed by atoms with Crippen molar-refractivity contribution in [3.8, 4) is 0 Å². The van der Waals surface area contributed by atoms with Gasteiger partial charge >= 0.3 is 11.9 Å². The van der Waals surface area contributed by atoms with E-state index in [9.17, 15) is 19.2 Å². The van der Waals surface area contributed by atoms with E-state index in [2.05, 4.69) is 5.32 Å². The molecule has 0 spiro atoms. The third-order valence-corrected chi connectivity index (χ3v) is 7.85. The highest BCUT2D eigenvalue weighted by Crippen LogP contribution is 2.51. The Hall–Kier alpha value is -3.37. The SMILES string of the molecule is CC1(C)S[C@H]2[C@H](NC(=O)[C@H](N)c3ccccc3)C(=O)N2[C@H]1C(=O)OC1OC(=O)c2ccccc21. The third kappa shape index (κ3) is 3.54. The predicted octanol–water partition coefficient (Wildman–Crippen LogP) is 1.65. The highest BCUT2D eigenvalue weighted by Gasteiger charge is 2.65. The fourth-order valence-electron chi connectivity index (χ4n) is 4.55. The monoisotopic (exact) mass is 481 g/mol. The zero-order valence-corrected chi connectivity index (χ0v) is 19.3. The van der Waals surface area contributed by atoms with Gasteiger partial charge in [0.2, 0.25) is 11.8 Å². The minimum absolute atomic E-state index is 0.343. The first-order valence-corrected chi connectivity index (χ1v) is 11.7. The maximum atomic E-state index is 13.2. The average Bonchev–Trinajstić information content (AvgIpc) is 3.28. The summed E-state index contributed by atoms with van der Waals surface area (Å²) in [5.41, 5.74) is 7.51. The number of β-lactam (4-membered cyclic amide) rings is 1. The average molecular weight is 482 g/mol. The molecule has 3 aliphatic rings. The van der Waals surface area contributed by atoms with Gasteiger partial charge in [-0.05, 0) is 25.5 Å². The van der Waals surface area contributed by atoms with Gasteiger partial charge in [-0.15, -0.1) is 11.8 Å². The number of fused-ring (bicyclic) bond motifs is 2. The van der Waals surface area contributed by atoms with E-state index in [4.69, 9.17) is 15.2 Å². The molecule has 5 atom stereocenters. The molecule has 1 unspecified atom stereocenters. The molecule has 0 aliphatic carbocycles. The number of benzene rings is 2. The summed E-state index contributed by atoms with van der Waals surface area (Å²) in [5.74, 6) is -2.09. The van der Waals surface area contributed by atoms with Crippen LogP contribution in [0.1, 0.15) is 47.7 Å². The molecule has 9 nitrogen and oxygen atoms in total. The maximum Gasteiger partial charge on any atom is 0.342 e. The first-order valence-electron chi connectivity index (χ1n) is 10.8. The van der Waals surface area contributed by atoms with Crippen molar-refractivity contribution in [3.63, 3.8) is 0 Å². The molecule has 0 bridgehead atoms. The standard InChI is InChI=1S/C24H23N3O6S/c1-24(2)17(22(31)33-23-14-11-7-6-10-13(14)21(30)32-23)27-19(29)16(20(27)34-24)26-18(28)15(25)12-8-4-3-5-9-12/h3-11,15-17,20,23H,25H2,1-2H3,(H,26,28)/t15-,16-,17+,20+,23?/m1/s1. The first kappa shape index (κ1) is 22.4. The van der Waals surface area contributed by atoms with Crippen molar-refractivity contribution in [3.05, 3.63) is 71.3 Å². The molecular weight excluding hydrogens is 458 g/mol. The van der Waals surface area contributed by atoms with Gasteiger partial charge < -0.3 is 25.4 Å². The van der Waals surface area contributed by atoms with Crippen LogP contribution in [0.5, 0.6) is 0 Å². The summed E-state index contributed by atoms with van der Waals surface area (Å²) in [5, 5.41) is 2.29. The number of nitrogens with two attached hydrogens (primary N) is 1. The normalized spacial score (nSPS) is 27.2. The fourth-order valence-corrected chi connectivity index (χ4v) is 6.17. The molecule has 0 radical (unpaired) electrons. The van der Waals surface area contributed by atoms with E-state index in [-0.39, 0.29) is 5.91 Å². The number of rotatable bonds is 5. The van der Waals surface area contributed by atoms with E-state index in [0.717, 1.165) is 0 Å². The lowest BCUT2D eigenvalue weighted by Crippen LogP contribution is -2.71. The molecule has 0 aromatic heterocycles. The van der Waals surface area contributed by atoms with Crippen LogP contribution < -0.4 is 11.1 Å². The zero-order chi connectivity index (χ0) is 24.2. The second kappa shape index (κ2) is 8.14. The van der Waals surface area contributed by atoms with Crippen LogP contribution in [0.25, 0.3) is 0 Å². The smallest absolute Gasteiger partial charge is 0.342 e. The summed E-state index contributed by atoms with van der Waals surface area (Å²) in [7, 11) is 0. The molecule has 3 aliphatic heterocycles. The molecule has 2 aromatic carbocycles. The van der Waals surface area contributed by atoms with Crippen LogP contribution in [-0.4, -0.2) is 50.9 Å². The Labute approximate surface area is 199 Å². The number of thioether (sulfide) groups is 1. The number of hydrogen-bond donors (Lipinski definition) is 2. The van der Waals surface area contributed by atoms with Crippen LogP contribution >= 0.6 is 11.8 Å². The van der Waals surface area contributed by atoms with Gasteiger partial charge in [-0.25, -0.2) is 9.59 Å². The highest BCUT2D eigenvalue weighted by molar-refractivity contribution is 8.01. The number of nitrogens with zero attached hydrogens (tertiary/aromatic N) is 1. The number of ether oxygens (including phenoxy) is 2. The van der Waals surface area contributed by atoms with Crippen LogP contribution in [0.3, 0.4) is 0 Å². The van der Waals surface area contributed by atoms with Crippen LogP contribution in [0.4, 0.5) is 0 Å². The summed E-state index contributed by atoms with van der Waals surface area (Å²) < 4.78 is 10.1. The van der Waals surface area contributed by atoms with Crippen LogP contribution in [0, 0.1) is 0 Å². The molecule has 3 heterocycles. The number of nitrogens with one attached hydrogen (secondary N) is 1. The number of amides is 2. The van der Waals surface area contributed by atoms with Crippen LogP contribution in [-0.2, 0) is 23.9 Å². The van der Waals surface area contributed by atoms with E-state index in [1.165, 1.54) is 16.7 Å². The quantitative estimate of drug-likeness (QED) is 0.487. The van der Waals surface area contributed by atoms with Gasteiger partial charge in [-0.2, -0.15) is 0 Å². The van der Waals surface area contributed by atoms with Crippen molar-refractivity contribution in [2.45, 2.75) is 48.4 Å². The summed E-state index contributed by atoms with van der Waals surface area (Å²) in [6.07, 6.45) is -1.16. The van der Waals surface area contributed by atoms with E-state index in [0.29, 0.717) is 16.7 Å². The van der Waals surface area contributed by atoms with E-state index < -0.39 is 52.4 Å². The van der Waals surface area contributed by atoms with Crippen molar-refractivity contribution in [1.29, 1.82) is 0 Å². The minimum Gasteiger partial charge on any atom is -0.419 e. The zero-order valence-electron chi connectivity index (χ0n) is 18.5. The Morgan fingerprint density at radius 1 is 1.12 bits per heavy atom. The molecule has 10 heteroatoms. The summed E-state index contributed by atoms with van der Waals surface area (Å²) in [6.45, 7) is 3.66. The van der Waals surface area contributed by atoms with Crippen molar-refractivity contribution in [2.24, 2.45) is 5.73 Å². The van der Waals surface area contributed by atoms with Gasteiger partial charge in [-0.1, -0.05) is 48.5 Å². The summed E-state index contributed by atoms with van der Waals surface area (Å²) in [6, 6.07) is 12.9. The van der Waals surface area contributed by atoms with E-state index >= 15 is 0 Å². The van der Waals surface area contributed by atoms with Gasteiger partial charge in [0.25, 0.3) is 6.29 Å². The molecule has 2 saturated heterocycles. The van der Waals surface area contributed by atoms with Crippen molar-refractivity contribution in [1.82, 2.24) is 10.2 Å². The van der Waals surface area contributed by atoms with Crippen molar-refractivity contribution in [2.75, 3.05) is 0 Å². The Kier molecular flexibility index (Phi) is 5.37. The third-order valence-electron chi connectivity index (χ3n) is 6.28. The van der Waals surface area contributed by atoms with Crippen molar-refractivity contribution < 1.29 is 28.7 Å². The van der Waals surface area contributed by atoms with Gasteiger partial charge in [0, 0.05) is 10.3 Å². The molecule has 0 saturated carbocycles. The Morgan fingerprint density at radius 2 is 1.79 bits per heavy atom. The Balaban J connectivity index is 1.28. The minimum atomic E-state index is -1.16. The molecule has 2 amide bonds. The molecule has 34 heavy (non-hydrogen) atoms. The number of esters is 2. The number of carbonyl (C=O) groups excluding carboxylic acids is 4. The second-order valence-electron chi connectivity index (χ2n) is 8.90. The Morgan fingerprint density at radius 3 is 2.53 bits per heavy atom. The number of cyclic esters (lactones) is 1. The number of carbonyl (C=O) groups is 4. The Bertz CT molecular complexity index is 1190. The first-order chi connectivity index (χ1) is 16.2. The summed E-state index contributed by atoms with van der Waals surface area (Å²) in [4.78, 5) is 52.3. The van der Waals surface area contributed by atoms with E-state index in [1.807, 2.05) is 19.9 Å². The van der Waals surface area contributed by atoms with Gasteiger partial charge in [0.1, 0.15) is 23.5 Å². The van der Waals surface area contributed by atoms with Crippen LogP contribution in [0.2, 0.25) is 0 Å². The highest BCUT2D eigenvalue weighted by atomic mass is 32.2. The molecule has 3 N–H and O–H groups in total. The van der Waals surface area contributed by atoms with Crippen molar-refractivity contribution >= 4 is 35.5 Å². The van der Waals surface area contributed by atoms with Crippen LogP contribution in [0.15, 0.2) is 54.6 Å². The maximum absolute atomic E-state index is 13.2. The fraction of sp³-hybridized carbons (Fsp3) is 0.333. The summed E-state index contributed by atoms with van der Waals surface area (Å²) >= 11 is 1.40. The molecule has 5 rings (SSSR count). The molecule has 2 fully saturated rings. The molecular formula is C24H23N3O6S. The topological polar surface area (TPSA) is 128 Å². The molecule has 2 aromatic rings. The van der Waals surface area contributed by atoms with Gasteiger partial charge in [0.05, 0.1) is 5.56 Å². The van der Waals surface area contributed by atoms with Gasteiger partial charge in [-0.3, -0.25) is 9.59 Å². The number of hydrogen-bond acceptors (Lipinski definition) is 8. The lowest BCUT2D eigenvalue weighted by Gasteiger charge is -2.44. The predicted molar refractivity (Wildman–Crippen MR) is 122 cm³/mol. The lowest BCUT2D eigenvalue weighted by atomic mass is 9.95. The largest absolute Gasteiger partial charge is 0.419 e. The van der Waals surface area contributed by atoms with Gasteiger partial charge in [0.15, 0.2) is 0 Å². The van der Waals surface area contributed by atoms with E-state index in [1.54, 1.807) is 48.5 Å².